The van der Waals surface area contributed by atoms with Gasteiger partial charge in [0.2, 0.25) is 5.91 Å². The van der Waals surface area contributed by atoms with Gasteiger partial charge in [0.15, 0.2) is 5.78 Å². The van der Waals surface area contributed by atoms with Crippen molar-refractivity contribution in [3.8, 4) is 0 Å². The summed E-state index contributed by atoms with van der Waals surface area (Å²) in [6.45, 7) is 5.51. The molecular weight excluding hydrogens is 288 g/mol. The van der Waals surface area contributed by atoms with Gasteiger partial charge < -0.3 is 5.32 Å². The molecule has 0 radical (unpaired) electrons. The Morgan fingerprint density at radius 3 is 2.26 bits per heavy atom. The van der Waals surface area contributed by atoms with Crippen molar-refractivity contribution in [1.82, 2.24) is 5.32 Å². The largest absolute Gasteiger partial charge is 0.324 e. The highest BCUT2D eigenvalue weighted by Crippen LogP contribution is 2.18. The van der Waals surface area contributed by atoms with Gasteiger partial charge in [-0.2, -0.15) is 0 Å². The second kappa shape index (κ2) is 7.70. The van der Waals surface area contributed by atoms with Gasteiger partial charge in [0, 0.05) is 17.3 Å². The number of nitrogens with one attached hydrogen (secondary N) is 2. The van der Waals surface area contributed by atoms with Gasteiger partial charge in [-0.15, -0.1) is 0 Å². The Balaban J connectivity index is 2.21. The fraction of sp³-hybridized carbons (Fsp3) is 0.263. The van der Waals surface area contributed by atoms with E-state index in [9.17, 15) is 9.59 Å². The summed E-state index contributed by atoms with van der Waals surface area (Å²) in [5.41, 5.74) is 2.10. The van der Waals surface area contributed by atoms with Gasteiger partial charge in [-0.3, -0.25) is 14.9 Å². The molecule has 1 amide bonds. The first-order valence-electron chi connectivity index (χ1n) is 7.70. The molecule has 0 fully saturated rings. The number of hydrogen-bond donors (Lipinski definition) is 2. The third-order valence-electron chi connectivity index (χ3n) is 3.43. The molecule has 23 heavy (non-hydrogen) atoms. The number of amides is 1. The number of anilines is 1. The number of benzene rings is 2. The topological polar surface area (TPSA) is 58.2 Å². The molecule has 0 saturated carbocycles. The summed E-state index contributed by atoms with van der Waals surface area (Å²) < 4.78 is 0. The van der Waals surface area contributed by atoms with Gasteiger partial charge in [-0.25, -0.2) is 0 Å². The molecule has 0 spiro atoms. The summed E-state index contributed by atoms with van der Waals surface area (Å²) in [6.07, 6.45) is 0. The molecule has 120 valence electrons. The molecule has 0 heterocycles. The van der Waals surface area contributed by atoms with Crippen LogP contribution in [0.5, 0.6) is 0 Å². The molecule has 0 aliphatic heterocycles. The second-order valence-electron chi connectivity index (χ2n) is 5.79. The highest BCUT2D eigenvalue weighted by atomic mass is 16.2. The smallest absolute Gasteiger partial charge is 0.246 e. The van der Waals surface area contributed by atoms with Crippen molar-refractivity contribution in [2.24, 2.45) is 0 Å². The van der Waals surface area contributed by atoms with Crippen LogP contribution in [0.3, 0.4) is 0 Å². The van der Waals surface area contributed by atoms with E-state index in [2.05, 4.69) is 10.6 Å². The maximum atomic E-state index is 12.7. The lowest BCUT2D eigenvalue weighted by Crippen LogP contribution is -2.36. The number of ketones is 1. The van der Waals surface area contributed by atoms with Crippen LogP contribution in [0, 0.1) is 0 Å². The fourth-order valence-electron chi connectivity index (χ4n) is 2.33. The second-order valence-corrected chi connectivity index (χ2v) is 5.79. The van der Waals surface area contributed by atoms with Gasteiger partial charge in [0.05, 0.1) is 0 Å². The van der Waals surface area contributed by atoms with E-state index < -0.39 is 6.04 Å². The lowest BCUT2D eigenvalue weighted by molar-refractivity contribution is -0.118. The molecule has 0 aliphatic carbocycles. The van der Waals surface area contributed by atoms with Crippen LogP contribution >= 0.6 is 0 Å². The molecule has 4 heteroatoms. The van der Waals surface area contributed by atoms with E-state index in [0.717, 1.165) is 5.56 Å². The van der Waals surface area contributed by atoms with Crippen LogP contribution in [0.4, 0.5) is 5.69 Å². The Labute approximate surface area is 136 Å². The third-order valence-corrected chi connectivity index (χ3v) is 3.43. The number of carbonyl (C=O) groups is 2. The first-order valence-corrected chi connectivity index (χ1v) is 7.70. The average Bonchev–Trinajstić information content (AvgIpc) is 2.53. The van der Waals surface area contributed by atoms with E-state index in [1.54, 1.807) is 24.3 Å². The van der Waals surface area contributed by atoms with Crippen LogP contribution in [0.2, 0.25) is 0 Å². The minimum Gasteiger partial charge on any atom is -0.324 e. The summed E-state index contributed by atoms with van der Waals surface area (Å²) in [7, 11) is 0. The lowest BCUT2D eigenvalue weighted by atomic mass is 10.0. The molecule has 0 aromatic heterocycles. The van der Waals surface area contributed by atoms with E-state index in [1.165, 1.54) is 6.92 Å². The predicted molar refractivity (Wildman–Crippen MR) is 92.5 cm³/mol. The quantitative estimate of drug-likeness (QED) is 0.802. The van der Waals surface area contributed by atoms with Gasteiger partial charge in [0.1, 0.15) is 6.04 Å². The normalized spacial score (nSPS) is 12.0. The van der Waals surface area contributed by atoms with Crippen LogP contribution in [0.15, 0.2) is 54.6 Å². The Kier molecular flexibility index (Phi) is 5.66. The molecule has 2 N–H and O–H groups in total. The van der Waals surface area contributed by atoms with Crippen LogP contribution < -0.4 is 10.6 Å². The minimum absolute atomic E-state index is 0.0268. The first kappa shape index (κ1) is 16.9. The maximum Gasteiger partial charge on any atom is 0.246 e. The predicted octanol–water partition coefficient (Wildman–Crippen LogP) is 3.57. The fourth-order valence-corrected chi connectivity index (χ4v) is 2.33. The molecule has 2 aromatic rings. The van der Waals surface area contributed by atoms with Crippen molar-refractivity contribution in [3.05, 3.63) is 65.7 Å². The monoisotopic (exact) mass is 310 g/mol. The first-order chi connectivity index (χ1) is 11.0. The van der Waals surface area contributed by atoms with Crippen LogP contribution in [0.25, 0.3) is 0 Å². The molecule has 0 aliphatic rings. The molecule has 2 aromatic carbocycles. The number of rotatable bonds is 6. The standard InChI is InChI=1S/C19H22N2O2/c1-13(2)20-18(15-8-5-4-6-9-15)19(23)21-17-11-7-10-16(12-17)14(3)22/h4-13,18,20H,1-3H3,(H,21,23). The molecule has 1 atom stereocenters. The van der Waals surface area contributed by atoms with Crippen molar-refractivity contribution in [1.29, 1.82) is 0 Å². The Hall–Kier alpha value is -2.46. The minimum atomic E-state index is -0.447. The summed E-state index contributed by atoms with van der Waals surface area (Å²) in [4.78, 5) is 24.1. The molecule has 0 saturated heterocycles. The van der Waals surface area contributed by atoms with Crippen molar-refractivity contribution >= 4 is 17.4 Å². The molecule has 4 nitrogen and oxygen atoms in total. The van der Waals surface area contributed by atoms with Gasteiger partial charge in [-0.05, 0) is 38.5 Å². The highest BCUT2D eigenvalue weighted by Gasteiger charge is 2.21. The summed E-state index contributed by atoms with van der Waals surface area (Å²) >= 11 is 0. The van der Waals surface area contributed by atoms with Crippen molar-refractivity contribution in [3.63, 3.8) is 0 Å². The van der Waals surface area contributed by atoms with Crippen molar-refractivity contribution in [2.75, 3.05) is 5.32 Å². The summed E-state index contributed by atoms with van der Waals surface area (Å²) in [5.74, 6) is -0.174. The molecule has 0 bridgehead atoms. The number of carbonyl (C=O) groups excluding carboxylic acids is 2. The van der Waals surface area contributed by atoms with E-state index >= 15 is 0 Å². The summed E-state index contributed by atoms with van der Waals surface area (Å²) in [6, 6.07) is 16.3. The van der Waals surface area contributed by atoms with Crippen LogP contribution in [0.1, 0.15) is 42.7 Å². The van der Waals surface area contributed by atoms with E-state index in [-0.39, 0.29) is 17.7 Å². The zero-order chi connectivity index (χ0) is 16.8. The zero-order valence-electron chi connectivity index (χ0n) is 13.7. The van der Waals surface area contributed by atoms with Crippen molar-refractivity contribution in [2.45, 2.75) is 32.9 Å². The highest BCUT2D eigenvalue weighted by molar-refractivity contribution is 5.98. The van der Waals surface area contributed by atoms with E-state index in [0.29, 0.717) is 11.3 Å². The van der Waals surface area contributed by atoms with E-state index in [1.807, 2.05) is 44.2 Å². The third kappa shape index (κ3) is 4.76. The molecular formula is C19H22N2O2. The number of Topliss-reactive ketones (excluding diaryl/α,β-unsaturated/α-hetero) is 1. The average molecular weight is 310 g/mol. The van der Waals surface area contributed by atoms with Gasteiger partial charge in [-0.1, -0.05) is 42.5 Å². The van der Waals surface area contributed by atoms with E-state index in [4.69, 9.17) is 0 Å². The van der Waals surface area contributed by atoms with Gasteiger partial charge >= 0.3 is 0 Å². The molecule has 1 unspecified atom stereocenters. The zero-order valence-corrected chi connectivity index (χ0v) is 13.7. The van der Waals surface area contributed by atoms with Gasteiger partial charge in [0.25, 0.3) is 0 Å². The number of hydrogen-bond acceptors (Lipinski definition) is 3. The van der Waals surface area contributed by atoms with Crippen LogP contribution in [-0.4, -0.2) is 17.7 Å². The Morgan fingerprint density at radius 1 is 0.957 bits per heavy atom. The summed E-state index contributed by atoms with van der Waals surface area (Å²) in [5, 5.41) is 6.16. The maximum absolute atomic E-state index is 12.7. The lowest BCUT2D eigenvalue weighted by Gasteiger charge is -2.21. The van der Waals surface area contributed by atoms with Crippen LogP contribution in [-0.2, 0) is 4.79 Å². The Bertz CT molecular complexity index is 681. The molecule has 2 rings (SSSR count). The Morgan fingerprint density at radius 2 is 1.65 bits per heavy atom. The SMILES string of the molecule is CC(=O)c1cccc(NC(=O)C(NC(C)C)c2ccccc2)c1. The van der Waals surface area contributed by atoms with Crippen molar-refractivity contribution < 1.29 is 9.59 Å².